The van der Waals surface area contributed by atoms with Crippen LogP contribution in [-0.4, -0.2) is 135 Å². The molecule has 2 rings (SSSR count). The maximum atomic E-state index is 13.5. The van der Waals surface area contributed by atoms with E-state index >= 15 is 0 Å². The van der Waals surface area contributed by atoms with Gasteiger partial charge < -0.3 is 52.3 Å². The SMILES string of the molecule is CC(C)C[C@H](NC(=O)[C@@H](NC(=O)CNC(=O)[C@@H]1CCCN1C(=O)[C@H](C)NC(=O)[C@@H]1CCCN1C(=O)[C@H](CC(C)C)NC(=O)[C@H](C)N)[C@@H](C)O)C(=O)O. The number of nitrogens with two attached hydrogens (primary N) is 1. The van der Waals surface area contributed by atoms with Crippen LogP contribution in [0.25, 0.3) is 0 Å². The molecule has 7 amide bonds. The van der Waals surface area contributed by atoms with Crippen LogP contribution in [0.15, 0.2) is 0 Å². The Labute approximate surface area is 304 Å². The number of aliphatic carboxylic acids is 1. The first-order valence-corrected chi connectivity index (χ1v) is 18.0. The van der Waals surface area contributed by atoms with E-state index in [4.69, 9.17) is 5.73 Å². The summed E-state index contributed by atoms with van der Waals surface area (Å²) in [7, 11) is 0. The van der Waals surface area contributed by atoms with Gasteiger partial charge in [-0.1, -0.05) is 27.7 Å². The average Bonchev–Trinajstić information content (AvgIpc) is 3.75. The van der Waals surface area contributed by atoms with Crippen molar-refractivity contribution in [1.82, 2.24) is 36.4 Å². The van der Waals surface area contributed by atoms with Crippen molar-refractivity contribution in [1.29, 1.82) is 0 Å². The topological polar surface area (TPSA) is 270 Å². The van der Waals surface area contributed by atoms with E-state index in [1.54, 1.807) is 13.8 Å². The predicted molar refractivity (Wildman–Crippen MR) is 188 cm³/mol. The zero-order chi connectivity index (χ0) is 39.4. The van der Waals surface area contributed by atoms with Crippen LogP contribution in [0.1, 0.15) is 87.0 Å². The third kappa shape index (κ3) is 12.7. The maximum Gasteiger partial charge on any atom is 0.326 e. The molecule has 9 N–H and O–H groups in total. The number of likely N-dealkylation sites (tertiary alicyclic amines) is 2. The lowest BCUT2D eigenvalue weighted by atomic mass is 10.0. The molecule has 0 unspecified atom stereocenters. The molecule has 0 radical (unpaired) electrons. The van der Waals surface area contributed by atoms with Gasteiger partial charge in [0.2, 0.25) is 41.4 Å². The number of nitrogens with one attached hydrogen (secondary N) is 5. The molecule has 18 nitrogen and oxygen atoms in total. The van der Waals surface area contributed by atoms with Crippen LogP contribution in [0.3, 0.4) is 0 Å². The van der Waals surface area contributed by atoms with E-state index in [1.807, 2.05) is 13.8 Å². The molecule has 294 valence electrons. The van der Waals surface area contributed by atoms with E-state index in [0.29, 0.717) is 38.6 Å². The van der Waals surface area contributed by atoms with Gasteiger partial charge in [0.05, 0.1) is 18.7 Å². The van der Waals surface area contributed by atoms with Crippen molar-refractivity contribution in [2.24, 2.45) is 17.6 Å². The van der Waals surface area contributed by atoms with Crippen molar-refractivity contribution in [3.63, 3.8) is 0 Å². The molecule has 0 aromatic carbocycles. The summed E-state index contributed by atoms with van der Waals surface area (Å²) in [6, 6.07) is -7.28. The third-order valence-electron chi connectivity index (χ3n) is 8.97. The smallest absolute Gasteiger partial charge is 0.326 e. The van der Waals surface area contributed by atoms with Crippen LogP contribution in [0.2, 0.25) is 0 Å². The number of carboxylic acid groups (broad SMARTS) is 1. The third-order valence-corrected chi connectivity index (χ3v) is 8.97. The molecule has 2 fully saturated rings. The lowest BCUT2D eigenvalue weighted by Gasteiger charge is -2.31. The van der Waals surface area contributed by atoms with Crippen LogP contribution in [0.5, 0.6) is 0 Å². The second kappa shape index (κ2) is 20.1. The van der Waals surface area contributed by atoms with Crippen molar-refractivity contribution in [3.8, 4) is 0 Å². The van der Waals surface area contributed by atoms with Gasteiger partial charge in [-0.15, -0.1) is 0 Å². The average molecular weight is 739 g/mol. The van der Waals surface area contributed by atoms with Gasteiger partial charge in [-0.2, -0.15) is 0 Å². The Hall–Kier alpha value is -4.32. The van der Waals surface area contributed by atoms with Gasteiger partial charge in [-0.25, -0.2) is 4.79 Å². The zero-order valence-electron chi connectivity index (χ0n) is 31.3. The van der Waals surface area contributed by atoms with Crippen molar-refractivity contribution in [2.75, 3.05) is 19.6 Å². The zero-order valence-corrected chi connectivity index (χ0v) is 31.3. The Bertz CT molecular complexity index is 1320. The molecule has 0 aliphatic carbocycles. The van der Waals surface area contributed by atoms with Gasteiger partial charge in [0, 0.05) is 13.1 Å². The fourth-order valence-electron chi connectivity index (χ4n) is 6.29. The first kappa shape index (κ1) is 43.8. The summed E-state index contributed by atoms with van der Waals surface area (Å²) in [5, 5.41) is 32.0. The quantitative estimate of drug-likeness (QED) is 0.0758. The molecule has 0 bridgehead atoms. The van der Waals surface area contributed by atoms with Gasteiger partial charge in [0.1, 0.15) is 36.3 Å². The minimum atomic E-state index is -1.49. The van der Waals surface area contributed by atoms with Crippen molar-refractivity contribution in [2.45, 2.75) is 135 Å². The first-order valence-electron chi connectivity index (χ1n) is 18.0. The number of aliphatic hydroxyl groups is 1. The summed E-state index contributed by atoms with van der Waals surface area (Å²) in [4.78, 5) is 106. The predicted octanol–water partition coefficient (Wildman–Crippen LogP) is -2.05. The highest BCUT2D eigenvalue weighted by Gasteiger charge is 2.41. The molecular formula is C34H58N8O10. The number of nitrogens with zero attached hydrogens (tertiary/aromatic N) is 2. The number of rotatable bonds is 18. The van der Waals surface area contributed by atoms with Crippen LogP contribution < -0.4 is 32.3 Å². The molecule has 2 heterocycles. The van der Waals surface area contributed by atoms with Gasteiger partial charge in [-0.05, 0) is 71.1 Å². The minimum Gasteiger partial charge on any atom is -0.480 e. The summed E-state index contributed by atoms with van der Waals surface area (Å²) in [5.41, 5.74) is 5.69. The summed E-state index contributed by atoms with van der Waals surface area (Å²) < 4.78 is 0. The highest BCUT2D eigenvalue weighted by Crippen LogP contribution is 2.22. The molecule has 2 saturated heterocycles. The molecule has 18 heteroatoms. The molecule has 0 saturated carbocycles. The van der Waals surface area contributed by atoms with Crippen LogP contribution >= 0.6 is 0 Å². The highest BCUT2D eigenvalue weighted by atomic mass is 16.4. The van der Waals surface area contributed by atoms with Crippen LogP contribution in [0.4, 0.5) is 0 Å². The number of carbonyl (C=O) groups is 8. The first-order chi connectivity index (χ1) is 24.2. The van der Waals surface area contributed by atoms with Crippen LogP contribution in [0, 0.1) is 11.8 Å². The molecular weight excluding hydrogens is 680 g/mol. The van der Waals surface area contributed by atoms with Crippen LogP contribution in [-0.2, 0) is 38.4 Å². The Morgan fingerprint density at radius 1 is 0.692 bits per heavy atom. The Morgan fingerprint density at radius 3 is 1.69 bits per heavy atom. The summed E-state index contributed by atoms with van der Waals surface area (Å²) in [6.45, 7) is 11.5. The van der Waals surface area contributed by atoms with E-state index in [1.165, 1.54) is 30.6 Å². The largest absolute Gasteiger partial charge is 0.480 e. The standard InChI is InChI=1S/C34H58N8O10/c1-17(2)14-22(38-28(45)19(5)35)33(50)42-13-9-11-25(42)30(47)37-20(6)32(49)41-12-8-10-24(41)29(46)36-16-26(44)40-27(21(7)43)31(48)39-23(34(51)52)15-18(3)4/h17-25,27,43H,8-16,35H2,1-7H3,(H,36,46)(H,37,47)(H,38,45)(H,39,48)(H,40,44)(H,51,52)/t19-,20-,21+,22-,23-,24-,25-,27-/m0/s1. The highest BCUT2D eigenvalue weighted by molar-refractivity contribution is 5.97. The molecule has 2 aliphatic heterocycles. The Morgan fingerprint density at radius 2 is 1.19 bits per heavy atom. The summed E-state index contributed by atoms with van der Waals surface area (Å²) >= 11 is 0. The van der Waals surface area contributed by atoms with E-state index in [0.717, 1.165) is 0 Å². The maximum absolute atomic E-state index is 13.5. The molecule has 0 aromatic heterocycles. The van der Waals surface area contributed by atoms with Gasteiger partial charge in [0.15, 0.2) is 0 Å². The molecule has 8 atom stereocenters. The molecule has 0 spiro atoms. The number of hydrogen-bond acceptors (Lipinski definition) is 10. The van der Waals surface area contributed by atoms with Crippen molar-refractivity contribution in [3.05, 3.63) is 0 Å². The summed E-state index contributed by atoms with van der Waals surface area (Å²) in [5.74, 6) is -5.59. The normalized spacial score (nSPS) is 20.7. The molecule has 0 aromatic rings. The van der Waals surface area contributed by atoms with E-state index in [-0.39, 0.29) is 24.8 Å². The fourth-order valence-corrected chi connectivity index (χ4v) is 6.29. The monoisotopic (exact) mass is 738 g/mol. The number of hydrogen-bond donors (Lipinski definition) is 8. The Kier molecular flexibility index (Phi) is 16.9. The number of carbonyl (C=O) groups excluding carboxylic acids is 7. The second-order valence-corrected chi connectivity index (χ2v) is 14.6. The molecule has 52 heavy (non-hydrogen) atoms. The second-order valence-electron chi connectivity index (χ2n) is 14.6. The fraction of sp³-hybridized carbons (Fsp3) is 0.765. The lowest BCUT2D eigenvalue weighted by molar-refractivity contribution is -0.144. The van der Waals surface area contributed by atoms with Crippen molar-refractivity contribution >= 4 is 47.3 Å². The van der Waals surface area contributed by atoms with Gasteiger partial charge in [0.25, 0.3) is 0 Å². The van der Waals surface area contributed by atoms with Crippen molar-refractivity contribution < 1.29 is 48.6 Å². The van der Waals surface area contributed by atoms with Gasteiger partial charge in [-0.3, -0.25) is 33.6 Å². The van der Waals surface area contributed by atoms with E-state index in [9.17, 15) is 48.6 Å². The molecule has 2 aliphatic rings. The van der Waals surface area contributed by atoms with E-state index in [2.05, 4.69) is 26.6 Å². The number of aliphatic hydroxyl groups excluding tert-OH is 1. The van der Waals surface area contributed by atoms with E-state index < -0.39 is 102 Å². The number of carboxylic acids is 1. The minimum absolute atomic E-state index is 0.0546. The van der Waals surface area contributed by atoms with Gasteiger partial charge >= 0.3 is 5.97 Å². The number of amides is 7. The Balaban J connectivity index is 2.00. The lowest BCUT2D eigenvalue weighted by Crippen LogP contribution is -2.58. The summed E-state index contributed by atoms with van der Waals surface area (Å²) in [6.07, 6.45) is 0.777.